The number of rotatable bonds is 37. The van der Waals surface area contributed by atoms with E-state index >= 15 is 8.42 Å². The van der Waals surface area contributed by atoms with Crippen LogP contribution in [0.1, 0.15) is 175 Å². The molecule has 0 aromatic heterocycles. The Hall–Kier alpha value is -11.5. The minimum Gasteiger partial charge on any atom is -0.460 e. The highest BCUT2D eigenvalue weighted by Gasteiger charge is 2.48. The Morgan fingerprint density at radius 1 is 0.628 bits per heavy atom. The van der Waals surface area contributed by atoms with E-state index in [1.807, 2.05) is 36.4 Å². The van der Waals surface area contributed by atoms with Gasteiger partial charge in [-0.1, -0.05) is 167 Å². The highest BCUT2D eigenvalue weighted by Crippen LogP contribution is 2.53. The Morgan fingerprint density at radius 2 is 1.33 bits per heavy atom. The second-order valence-electron chi connectivity index (χ2n) is 35.6. The number of unbranched alkanes of at least 4 members (excludes halogenated alkanes) is 5. The van der Waals surface area contributed by atoms with Crippen molar-refractivity contribution >= 4 is 106 Å². The summed E-state index contributed by atoms with van der Waals surface area (Å²) in [6, 6.07) is 55.1. The monoisotopic (exact) mass is 1810 g/mol. The number of Topliss-reactive ketones (excluding diaryl/α,β-unsaturated/α-hetero) is 1. The first-order valence-corrected chi connectivity index (χ1v) is 49.3. The molecule has 8 aromatic rings. The van der Waals surface area contributed by atoms with Gasteiger partial charge in [0.2, 0.25) is 44.8 Å². The third-order valence-corrected chi connectivity index (χ3v) is 30.4. The number of amides is 4. The van der Waals surface area contributed by atoms with E-state index in [9.17, 15) is 54.7 Å². The van der Waals surface area contributed by atoms with Gasteiger partial charge in [-0.05, 0) is 155 Å². The molecule has 6 heterocycles. The molecule has 29 heteroatoms. The number of allylic oxidation sites excluding steroid dienone is 3. The van der Waals surface area contributed by atoms with Crippen LogP contribution in [0.25, 0.3) is 0 Å². The highest BCUT2D eigenvalue weighted by atomic mass is 32.2. The molecule has 4 amide bonds. The second kappa shape index (κ2) is 39.9. The fourth-order valence-corrected chi connectivity index (χ4v) is 22.6. The number of hydrogen-bond donors (Lipinski definition) is 6. The molecule has 0 bridgehead atoms. The predicted octanol–water partition coefficient (Wildman–Crippen LogP) is 14.5. The molecule has 1 aliphatic carbocycles. The number of carbonyl (C=O) groups is 6. The van der Waals surface area contributed by atoms with E-state index in [1.165, 1.54) is 33.3 Å². The third-order valence-electron chi connectivity index (χ3n) is 26.7. The summed E-state index contributed by atoms with van der Waals surface area (Å²) < 4.78 is 124. The predicted molar refractivity (Wildman–Crippen MR) is 493 cm³/mol. The number of ether oxygens (including phenoxy) is 3. The molecule has 1 saturated heterocycles. The van der Waals surface area contributed by atoms with Gasteiger partial charge in [-0.3, -0.25) is 33.1 Å². The van der Waals surface area contributed by atoms with Crippen LogP contribution in [0.2, 0.25) is 0 Å². The number of nitrogens with zero attached hydrogens (tertiary/aromatic N) is 5. The number of nitrogens with one attached hydrogen (secondary N) is 4. The summed E-state index contributed by atoms with van der Waals surface area (Å²) in [6.45, 7) is 12.1. The van der Waals surface area contributed by atoms with Gasteiger partial charge in [0, 0.05) is 152 Å². The van der Waals surface area contributed by atoms with Gasteiger partial charge in [0.15, 0.2) is 24.6 Å². The zero-order valence-electron chi connectivity index (χ0n) is 73.7. The average molecular weight is 1810 g/mol. The first-order valence-electron chi connectivity index (χ1n) is 45.0. The maximum absolute atomic E-state index is 15.3. The topological polar surface area (TPSA) is 337 Å². The molecule has 15 rings (SSSR count). The SMILES string of the molecule is CC[N+]1=C(CCCCCC2N(CCCCCC(=O)NCCCC[C@H](NC(=O)[C@H](Cc3ccccc3)NC(=O)OCc3ccccc3)C(=O)COC(=O)CNC(=O)C3CCN(S(=O)(=O)c4ccccc4C4c5ccc(N6CCc7ccccc76)cc5OC5=CC(=[N+]6CCc7ccccc76)C=CC54)CC3)c3cc(S(=O)(=O)O)ccc3C2(C)C)C(C)(C)c2cc(S(=O)(=O)O)ccc21. The molecule has 0 spiro atoms. The van der Waals surface area contributed by atoms with Crippen LogP contribution in [0.3, 0.4) is 0 Å². The van der Waals surface area contributed by atoms with Crippen LogP contribution in [0.4, 0.5) is 33.2 Å². The molecule has 8 aromatic carbocycles. The lowest BCUT2D eigenvalue weighted by Crippen LogP contribution is -2.53. The molecule has 6 N–H and O–H groups in total. The Labute approximate surface area is 755 Å². The van der Waals surface area contributed by atoms with Crippen molar-refractivity contribution in [1.82, 2.24) is 25.6 Å². The van der Waals surface area contributed by atoms with Crippen molar-refractivity contribution in [2.45, 2.75) is 200 Å². The van der Waals surface area contributed by atoms with E-state index in [2.05, 4.69) is 148 Å². The van der Waals surface area contributed by atoms with Crippen LogP contribution in [-0.4, -0.2) is 172 Å². The van der Waals surface area contributed by atoms with Crippen LogP contribution in [-0.2, 0) is 100 Å². The number of hydrogen-bond acceptors (Lipinski definition) is 17. The molecule has 7 aliphatic rings. The van der Waals surface area contributed by atoms with Crippen molar-refractivity contribution in [2.75, 3.05) is 68.8 Å². The second-order valence-corrected chi connectivity index (χ2v) is 40.3. The van der Waals surface area contributed by atoms with Crippen LogP contribution in [0.15, 0.2) is 227 Å². The summed E-state index contributed by atoms with van der Waals surface area (Å²) in [6.07, 6.45) is 14.5. The highest BCUT2D eigenvalue weighted by molar-refractivity contribution is 7.89. The molecule has 129 heavy (non-hydrogen) atoms. The minimum atomic E-state index is -4.52. The van der Waals surface area contributed by atoms with Crippen LogP contribution in [0.5, 0.6) is 5.75 Å². The number of alkyl carbamates (subject to hydrolysis) is 1. The lowest BCUT2D eigenvalue weighted by atomic mass is 9.75. The summed E-state index contributed by atoms with van der Waals surface area (Å²) in [5.74, 6) is -3.17. The molecular formula is C100H115N9O17S3+2. The zero-order valence-corrected chi connectivity index (χ0v) is 76.1. The van der Waals surface area contributed by atoms with Crippen LogP contribution < -0.4 is 35.8 Å². The molecule has 5 atom stereocenters. The Kier molecular flexibility index (Phi) is 28.5. The molecule has 3 unspecified atom stereocenters. The molecule has 26 nitrogen and oxygen atoms in total. The van der Waals surface area contributed by atoms with Crippen molar-refractivity contribution < 1.29 is 86.5 Å². The van der Waals surface area contributed by atoms with Gasteiger partial charge >= 0.3 is 12.1 Å². The molecule has 678 valence electrons. The van der Waals surface area contributed by atoms with Crippen LogP contribution >= 0.6 is 0 Å². The van der Waals surface area contributed by atoms with Crippen molar-refractivity contribution in [2.24, 2.45) is 11.8 Å². The molecule has 1 fully saturated rings. The van der Waals surface area contributed by atoms with Gasteiger partial charge < -0.3 is 45.3 Å². The summed E-state index contributed by atoms with van der Waals surface area (Å²) >= 11 is 0. The largest absolute Gasteiger partial charge is 0.460 e. The maximum Gasteiger partial charge on any atom is 0.408 e. The number of piperidine rings is 1. The van der Waals surface area contributed by atoms with Gasteiger partial charge in [-0.2, -0.15) is 30.3 Å². The van der Waals surface area contributed by atoms with E-state index in [-0.39, 0.29) is 90.9 Å². The van der Waals surface area contributed by atoms with Gasteiger partial charge in [0.1, 0.15) is 37.2 Å². The van der Waals surface area contributed by atoms with Gasteiger partial charge in [0.05, 0.1) is 26.1 Å². The summed E-state index contributed by atoms with van der Waals surface area (Å²) in [7, 11) is -13.1. The standard InChI is InChI=1S/C100H113N9O17S3/c1-6-106-85-48-44-74(128(118,119)120)62-80(85)100(4,5)91(106)38-15-9-16-39-92-99(2,3)79-47-43-75(129(121,122)123)63-86(79)109(92)54-26-10-17-40-93(111)101-53-25-24-34-81(103-97(114)82(59-67-27-11-7-12-28-67)104-98(115)125-65-68-29-13-8-14-30-68)87(110)66-124-94(112)64-102-96(113)71-49-55-105(56-50-71)127(116,117)90-37-23-20-33-78(90)95-76-45-41-72(107-57-51-69-31-18-21-35-83(69)107)60-88(76)126-89-61-73(42-46-77(89)95)108-58-52-70-32-19-22-36-84(70)108/h7-8,11-14,18-23,27-33,35-37,41-48,60-63,71,76,81-82,92,95H,6,9-10,15-17,24-26,34,38-40,49-59,64-66H2,1-5H3,(H4-2,101,102,103,104,111,113,114,115,118,119,120,121,122,123)/p+2/t76?,81-,82-,92?,95?/m0/s1. The fraction of sp³-hybridized carbons (Fsp3) is 0.400. The lowest BCUT2D eigenvalue weighted by molar-refractivity contribution is -0.435. The van der Waals surface area contributed by atoms with Gasteiger partial charge in [-0.15, -0.1) is 0 Å². The average Bonchev–Trinajstić information content (AvgIpc) is 1.66. The molecule has 0 radical (unpaired) electrons. The Bertz CT molecular complexity index is 6070. The minimum absolute atomic E-state index is 0.0156. The van der Waals surface area contributed by atoms with Gasteiger partial charge in [0.25, 0.3) is 20.2 Å². The number of benzene rings is 8. The maximum atomic E-state index is 15.3. The van der Waals surface area contributed by atoms with Crippen molar-refractivity contribution in [3.05, 3.63) is 257 Å². The molecule has 0 saturated carbocycles. The fourth-order valence-electron chi connectivity index (χ4n) is 19.9. The number of sulfonamides is 1. The number of carbonyl (C=O) groups excluding carboxylic acids is 6. The number of anilines is 3. The van der Waals surface area contributed by atoms with Crippen molar-refractivity contribution in [3.63, 3.8) is 0 Å². The van der Waals surface area contributed by atoms with E-state index in [4.69, 9.17) is 14.2 Å². The van der Waals surface area contributed by atoms with Crippen molar-refractivity contribution in [3.8, 4) is 5.75 Å². The van der Waals surface area contributed by atoms with E-state index in [0.29, 0.717) is 73.4 Å². The summed E-state index contributed by atoms with van der Waals surface area (Å²) in [4.78, 5) is 87.6. The van der Waals surface area contributed by atoms with Gasteiger partial charge in [-0.25, -0.2) is 13.2 Å². The first-order chi connectivity index (χ1) is 61.9. The Balaban J connectivity index is 0.549. The Morgan fingerprint density at radius 3 is 2.09 bits per heavy atom. The zero-order chi connectivity index (χ0) is 90.9. The van der Waals surface area contributed by atoms with Crippen molar-refractivity contribution in [1.29, 1.82) is 0 Å². The summed E-state index contributed by atoms with van der Waals surface area (Å²) in [5.41, 5.74) is 13.4. The number of ketones is 1. The lowest BCUT2D eigenvalue weighted by Gasteiger charge is -2.37. The number of fused-ring (bicyclic) bond motifs is 6. The number of esters is 1. The normalized spacial score (nSPS) is 18.9. The quantitative estimate of drug-likeness (QED) is 0.00911. The molecule has 6 aliphatic heterocycles. The number of para-hydroxylation sites is 2. The van der Waals surface area contributed by atoms with Crippen LogP contribution in [0, 0.1) is 11.8 Å². The van der Waals surface area contributed by atoms with E-state index in [0.717, 1.165) is 109 Å². The van der Waals surface area contributed by atoms with E-state index in [1.54, 1.807) is 84.9 Å². The van der Waals surface area contributed by atoms with E-state index < -0.39 is 108 Å². The third kappa shape index (κ3) is 20.9. The first kappa shape index (κ1) is 92.3. The smallest absolute Gasteiger partial charge is 0.408 e. The summed E-state index contributed by atoms with van der Waals surface area (Å²) in [5, 5.41) is 11.1. The molecular weight excluding hydrogens is 1700 g/mol.